The van der Waals surface area contributed by atoms with E-state index in [1.54, 1.807) is 12.1 Å². The van der Waals surface area contributed by atoms with Gasteiger partial charge in [0.15, 0.2) is 0 Å². The molecule has 0 saturated carbocycles. The van der Waals surface area contributed by atoms with Crippen LogP contribution in [0.2, 0.25) is 5.02 Å². The van der Waals surface area contributed by atoms with Crippen molar-refractivity contribution in [2.24, 2.45) is 0 Å². The summed E-state index contributed by atoms with van der Waals surface area (Å²) in [5, 5.41) is 0.0175. The van der Waals surface area contributed by atoms with Crippen molar-refractivity contribution in [3.8, 4) is 0 Å². The predicted octanol–water partition coefficient (Wildman–Crippen LogP) is 4.53. The molecule has 82 valence electrons. The molecule has 0 atom stereocenters. The number of carbonyl (C=O) groups is 1. The van der Waals surface area contributed by atoms with Gasteiger partial charge in [-0.15, -0.1) is 11.3 Å². The van der Waals surface area contributed by atoms with Gasteiger partial charge in [-0.1, -0.05) is 11.6 Å². The van der Waals surface area contributed by atoms with E-state index in [9.17, 15) is 9.18 Å². The lowest BCUT2D eigenvalue weighted by molar-refractivity contribution is 0.104. The predicted molar refractivity (Wildman–Crippen MR) is 66.9 cm³/mol. The van der Waals surface area contributed by atoms with Gasteiger partial charge in [0, 0.05) is 5.56 Å². The lowest BCUT2D eigenvalue weighted by Crippen LogP contribution is -1.98. The Kier molecular flexibility index (Phi) is 3.42. The van der Waals surface area contributed by atoms with Crippen molar-refractivity contribution in [2.45, 2.75) is 0 Å². The van der Waals surface area contributed by atoms with Crippen LogP contribution in [0.3, 0.4) is 0 Å². The van der Waals surface area contributed by atoms with Crippen LogP contribution in [0.25, 0.3) is 0 Å². The number of hydrogen-bond donors (Lipinski definition) is 0. The van der Waals surface area contributed by atoms with E-state index in [1.165, 1.54) is 23.5 Å². The SMILES string of the molecule is O=C(c1ccc(Cl)c(F)c1)c1ccc(Br)s1. The molecule has 16 heavy (non-hydrogen) atoms. The Morgan fingerprint density at radius 3 is 2.62 bits per heavy atom. The van der Waals surface area contributed by atoms with Crippen LogP contribution in [0.5, 0.6) is 0 Å². The van der Waals surface area contributed by atoms with Gasteiger partial charge in [-0.05, 0) is 46.3 Å². The third-order valence-electron chi connectivity index (χ3n) is 1.98. The van der Waals surface area contributed by atoms with Crippen molar-refractivity contribution >= 4 is 44.7 Å². The minimum Gasteiger partial charge on any atom is -0.288 e. The van der Waals surface area contributed by atoms with Gasteiger partial charge in [-0.3, -0.25) is 4.79 Å². The van der Waals surface area contributed by atoms with E-state index in [0.717, 1.165) is 9.85 Å². The molecule has 0 radical (unpaired) electrons. The lowest BCUT2D eigenvalue weighted by Gasteiger charge is -1.99. The number of carbonyl (C=O) groups excluding carboxylic acids is 1. The van der Waals surface area contributed by atoms with E-state index in [1.807, 2.05) is 0 Å². The standard InChI is InChI=1S/C11H5BrClFOS/c12-10-4-3-9(16-10)11(15)6-1-2-7(13)8(14)5-6/h1-5H. The maximum Gasteiger partial charge on any atom is 0.203 e. The molecule has 1 nitrogen and oxygen atoms in total. The fourth-order valence-electron chi connectivity index (χ4n) is 1.22. The van der Waals surface area contributed by atoms with Crippen LogP contribution in [-0.2, 0) is 0 Å². The molecule has 0 aliphatic heterocycles. The monoisotopic (exact) mass is 318 g/mol. The highest BCUT2D eigenvalue weighted by molar-refractivity contribution is 9.11. The zero-order valence-corrected chi connectivity index (χ0v) is 11.0. The molecular weight excluding hydrogens is 315 g/mol. The van der Waals surface area contributed by atoms with Gasteiger partial charge in [0.25, 0.3) is 0 Å². The summed E-state index contributed by atoms with van der Waals surface area (Å²) in [5.74, 6) is -0.783. The fourth-order valence-corrected chi connectivity index (χ4v) is 2.68. The average molecular weight is 320 g/mol. The first-order valence-corrected chi connectivity index (χ1v) is 6.32. The molecule has 5 heteroatoms. The molecule has 0 unspecified atom stereocenters. The molecule has 1 aromatic carbocycles. The number of ketones is 1. The first kappa shape index (κ1) is 11.8. The number of benzene rings is 1. The number of halogens is 3. The molecule has 1 heterocycles. The molecule has 0 amide bonds. The number of thiophene rings is 1. The Morgan fingerprint density at radius 1 is 1.31 bits per heavy atom. The second kappa shape index (κ2) is 4.65. The van der Waals surface area contributed by atoms with Crippen molar-refractivity contribution in [1.82, 2.24) is 0 Å². The molecule has 2 aromatic rings. The minimum atomic E-state index is -0.580. The molecule has 0 saturated heterocycles. The van der Waals surface area contributed by atoms with E-state index >= 15 is 0 Å². The second-order valence-corrected chi connectivity index (χ2v) is 5.93. The van der Waals surface area contributed by atoms with Crippen LogP contribution in [0, 0.1) is 5.82 Å². The van der Waals surface area contributed by atoms with Gasteiger partial charge in [0.2, 0.25) is 5.78 Å². The summed E-state index contributed by atoms with van der Waals surface area (Å²) in [6, 6.07) is 7.53. The Bertz CT molecular complexity index is 553. The van der Waals surface area contributed by atoms with Gasteiger partial charge >= 0.3 is 0 Å². The molecule has 0 aliphatic rings. The molecule has 0 fully saturated rings. The van der Waals surface area contributed by atoms with Crippen LogP contribution in [-0.4, -0.2) is 5.78 Å². The number of hydrogen-bond acceptors (Lipinski definition) is 2. The first-order valence-electron chi connectivity index (χ1n) is 4.33. The summed E-state index contributed by atoms with van der Waals surface area (Å²) in [6.07, 6.45) is 0. The molecular formula is C11H5BrClFOS. The highest BCUT2D eigenvalue weighted by Gasteiger charge is 2.13. The molecule has 1 aromatic heterocycles. The summed E-state index contributed by atoms with van der Waals surface area (Å²) in [5.41, 5.74) is 0.302. The molecule has 0 bridgehead atoms. The van der Waals surface area contributed by atoms with Crippen LogP contribution in [0.4, 0.5) is 4.39 Å². The van der Waals surface area contributed by atoms with E-state index in [4.69, 9.17) is 11.6 Å². The van der Waals surface area contributed by atoms with Crippen molar-refractivity contribution < 1.29 is 9.18 Å². The van der Waals surface area contributed by atoms with Gasteiger partial charge in [0.1, 0.15) is 5.82 Å². The maximum absolute atomic E-state index is 13.2. The minimum absolute atomic E-state index is 0.0175. The Morgan fingerprint density at radius 2 is 2.06 bits per heavy atom. The maximum atomic E-state index is 13.2. The van der Waals surface area contributed by atoms with Gasteiger partial charge in [-0.2, -0.15) is 0 Å². The van der Waals surface area contributed by atoms with Crippen molar-refractivity contribution in [2.75, 3.05) is 0 Å². The van der Waals surface area contributed by atoms with Crippen molar-refractivity contribution in [3.63, 3.8) is 0 Å². The van der Waals surface area contributed by atoms with E-state index in [-0.39, 0.29) is 10.8 Å². The summed E-state index contributed by atoms with van der Waals surface area (Å²) in [4.78, 5) is 12.5. The summed E-state index contributed by atoms with van der Waals surface area (Å²) < 4.78 is 14.0. The third-order valence-corrected chi connectivity index (χ3v) is 3.91. The van der Waals surface area contributed by atoms with E-state index < -0.39 is 5.82 Å². The molecule has 2 rings (SSSR count). The summed E-state index contributed by atoms with van der Waals surface area (Å²) >= 11 is 10.1. The van der Waals surface area contributed by atoms with Crippen LogP contribution in [0.1, 0.15) is 15.2 Å². The quantitative estimate of drug-likeness (QED) is 0.743. The van der Waals surface area contributed by atoms with E-state index in [2.05, 4.69) is 15.9 Å². The van der Waals surface area contributed by atoms with Gasteiger partial charge < -0.3 is 0 Å². The zero-order valence-electron chi connectivity index (χ0n) is 7.84. The van der Waals surface area contributed by atoms with Gasteiger partial charge in [0.05, 0.1) is 13.7 Å². The lowest BCUT2D eigenvalue weighted by atomic mass is 10.1. The summed E-state index contributed by atoms with van der Waals surface area (Å²) in [7, 11) is 0. The first-order chi connectivity index (χ1) is 7.58. The Labute approximate surface area is 109 Å². The highest BCUT2D eigenvalue weighted by atomic mass is 79.9. The Balaban J connectivity index is 2.38. The highest BCUT2D eigenvalue weighted by Crippen LogP contribution is 2.25. The average Bonchev–Trinajstić information content (AvgIpc) is 2.68. The fraction of sp³-hybridized carbons (Fsp3) is 0. The molecule has 0 N–H and O–H groups in total. The normalized spacial score (nSPS) is 10.4. The molecule has 0 aliphatic carbocycles. The smallest absolute Gasteiger partial charge is 0.203 e. The van der Waals surface area contributed by atoms with Crippen LogP contribution >= 0.6 is 38.9 Å². The van der Waals surface area contributed by atoms with Crippen LogP contribution in [0.15, 0.2) is 34.1 Å². The topological polar surface area (TPSA) is 17.1 Å². The van der Waals surface area contributed by atoms with Crippen molar-refractivity contribution in [1.29, 1.82) is 0 Å². The van der Waals surface area contributed by atoms with Gasteiger partial charge in [-0.25, -0.2) is 4.39 Å². The van der Waals surface area contributed by atoms with Crippen LogP contribution < -0.4 is 0 Å². The van der Waals surface area contributed by atoms with E-state index in [0.29, 0.717) is 10.4 Å². The number of rotatable bonds is 2. The third kappa shape index (κ3) is 2.34. The Hall–Kier alpha value is -0.710. The second-order valence-electron chi connectivity index (χ2n) is 3.06. The molecule has 0 spiro atoms. The zero-order chi connectivity index (χ0) is 11.7. The summed E-state index contributed by atoms with van der Waals surface area (Å²) in [6.45, 7) is 0. The largest absolute Gasteiger partial charge is 0.288 e. The van der Waals surface area contributed by atoms with Crippen molar-refractivity contribution in [3.05, 3.63) is 55.4 Å².